The van der Waals surface area contributed by atoms with Crippen molar-refractivity contribution in [3.63, 3.8) is 0 Å². The van der Waals surface area contributed by atoms with Crippen molar-refractivity contribution in [3.05, 3.63) is 11.6 Å². The van der Waals surface area contributed by atoms with Crippen molar-refractivity contribution in [3.8, 4) is 0 Å². The summed E-state index contributed by atoms with van der Waals surface area (Å²) < 4.78 is 0. The van der Waals surface area contributed by atoms with E-state index in [1.165, 1.54) is 6.08 Å². The molecule has 2 aliphatic carbocycles. The lowest BCUT2D eigenvalue weighted by molar-refractivity contribution is -0.0666. The summed E-state index contributed by atoms with van der Waals surface area (Å²) in [5, 5.41) is 51.1. The van der Waals surface area contributed by atoms with Crippen LogP contribution in [0.15, 0.2) is 11.6 Å². The first-order valence-electron chi connectivity index (χ1n) is 6.34. The van der Waals surface area contributed by atoms with Gasteiger partial charge in [-0.15, -0.1) is 0 Å². The van der Waals surface area contributed by atoms with E-state index < -0.39 is 30.5 Å². The molecule has 0 aromatic heterocycles. The molecule has 0 aromatic carbocycles. The lowest BCUT2D eigenvalue weighted by atomic mass is 9.88. The fraction of sp³-hybridized carbons (Fsp3) is 0.833. The van der Waals surface area contributed by atoms with Gasteiger partial charge in [0.15, 0.2) is 0 Å². The molecule has 6 heteroatoms. The number of rotatable bonds is 3. The van der Waals surface area contributed by atoms with Crippen molar-refractivity contribution in [1.82, 2.24) is 5.32 Å². The van der Waals surface area contributed by atoms with Gasteiger partial charge in [-0.2, -0.15) is 0 Å². The molecule has 1 fully saturated rings. The van der Waals surface area contributed by atoms with Crippen LogP contribution < -0.4 is 5.32 Å². The van der Waals surface area contributed by atoms with E-state index in [-0.39, 0.29) is 18.2 Å². The van der Waals surface area contributed by atoms with Crippen molar-refractivity contribution < 1.29 is 25.5 Å². The minimum atomic E-state index is -1.33. The molecule has 2 aliphatic rings. The van der Waals surface area contributed by atoms with Gasteiger partial charge in [0, 0.05) is 6.04 Å². The average Bonchev–Trinajstić information content (AvgIpc) is 2.76. The van der Waals surface area contributed by atoms with Crippen LogP contribution in [0.2, 0.25) is 0 Å². The maximum absolute atomic E-state index is 9.89. The second-order valence-electron chi connectivity index (χ2n) is 5.12. The summed E-state index contributed by atoms with van der Waals surface area (Å²) in [7, 11) is 0. The van der Waals surface area contributed by atoms with E-state index in [0.717, 1.165) is 19.3 Å². The van der Waals surface area contributed by atoms with Crippen LogP contribution in [0, 0.1) is 0 Å². The Morgan fingerprint density at radius 3 is 2.39 bits per heavy atom. The first kappa shape index (κ1) is 13.9. The Balaban J connectivity index is 2.08. The first-order valence-corrected chi connectivity index (χ1v) is 6.34. The van der Waals surface area contributed by atoms with Crippen LogP contribution in [0.25, 0.3) is 0 Å². The fourth-order valence-corrected chi connectivity index (χ4v) is 2.72. The Kier molecular flexibility index (Phi) is 4.37. The molecular weight excluding hydrogens is 238 g/mol. The molecule has 0 amide bonds. The number of nitrogens with one attached hydrogen (secondary N) is 1. The third-order valence-corrected chi connectivity index (χ3v) is 3.88. The Morgan fingerprint density at radius 1 is 1.11 bits per heavy atom. The van der Waals surface area contributed by atoms with Crippen LogP contribution in [-0.4, -0.2) is 68.6 Å². The standard InChI is InChI=1S/C12H21NO5/c14-5-6-4-8(11(17)12(18)10(6)16)13-7-2-1-3-9(7)15/h4,7-18H,1-3,5H2/t7?,8-,9?,10+,11-,12+/m0/s1. The van der Waals surface area contributed by atoms with E-state index in [4.69, 9.17) is 5.11 Å². The van der Waals surface area contributed by atoms with Gasteiger partial charge in [0.2, 0.25) is 0 Å². The molecule has 6 N–H and O–H groups in total. The van der Waals surface area contributed by atoms with Crippen LogP contribution in [0.5, 0.6) is 0 Å². The molecular formula is C12H21NO5. The largest absolute Gasteiger partial charge is 0.392 e. The van der Waals surface area contributed by atoms with Crippen LogP contribution in [-0.2, 0) is 0 Å². The van der Waals surface area contributed by atoms with Gasteiger partial charge in [0.25, 0.3) is 0 Å². The Morgan fingerprint density at radius 2 is 1.83 bits per heavy atom. The summed E-state index contributed by atoms with van der Waals surface area (Å²) in [5.41, 5.74) is 0.290. The quantitative estimate of drug-likeness (QED) is 0.323. The zero-order valence-electron chi connectivity index (χ0n) is 10.1. The minimum absolute atomic E-state index is 0.122. The molecule has 0 spiro atoms. The molecule has 6 nitrogen and oxygen atoms in total. The number of aliphatic hydroxyl groups excluding tert-OH is 5. The van der Waals surface area contributed by atoms with Crippen molar-refractivity contribution in [2.75, 3.05) is 6.61 Å². The van der Waals surface area contributed by atoms with Crippen molar-refractivity contribution in [1.29, 1.82) is 0 Å². The molecule has 104 valence electrons. The topological polar surface area (TPSA) is 113 Å². The monoisotopic (exact) mass is 259 g/mol. The highest BCUT2D eigenvalue weighted by atomic mass is 16.4. The van der Waals surface area contributed by atoms with Crippen molar-refractivity contribution in [2.24, 2.45) is 0 Å². The molecule has 6 atom stereocenters. The summed E-state index contributed by atoms with van der Waals surface area (Å²) in [6.45, 7) is -0.365. The lowest BCUT2D eigenvalue weighted by Crippen LogP contribution is -2.57. The predicted molar refractivity (Wildman–Crippen MR) is 63.8 cm³/mol. The van der Waals surface area contributed by atoms with Crippen molar-refractivity contribution >= 4 is 0 Å². The van der Waals surface area contributed by atoms with Gasteiger partial charge in [-0.05, 0) is 24.8 Å². The Hall–Kier alpha value is -0.500. The van der Waals surface area contributed by atoms with Crippen LogP contribution >= 0.6 is 0 Å². The van der Waals surface area contributed by atoms with E-state index in [0.29, 0.717) is 0 Å². The Labute approximate surface area is 106 Å². The van der Waals surface area contributed by atoms with E-state index in [1.807, 2.05) is 0 Å². The van der Waals surface area contributed by atoms with E-state index >= 15 is 0 Å². The van der Waals surface area contributed by atoms with Gasteiger partial charge in [-0.25, -0.2) is 0 Å². The molecule has 0 saturated heterocycles. The van der Waals surface area contributed by atoms with E-state index in [1.54, 1.807) is 0 Å². The van der Waals surface area contributed by atoms with Crippen molar-refractivity contribution in [2.45, 2.75) is 55.8 Å². The van der Waals surface area contributed by atoms with Gasteiger partial charge in [-0.1, -0.05) is 6.08 Å². The van der Waals surface area contributed by atoms with E-state index in [9.17, 15) is 20.4 Å². The summed E-state index contributed by atoms with van der Waals surface area (Å²) in [4.78, 5) is 0. The molecule has 0 heterocycles. The maximum atomic E-state index is 9.89. The summed E-state index contributed by atoms with van der Waals surface area (Å²) >= 11 is 0. The van der Waals surface area contributed by atoms with Crippen LogP contribution in [0.1, 0.15) is 19.3 Å². The molecule has 0 aliphatic heterocycles. The fourth-order valence-electron chi connectivity index (χ4n) is 2.72. The van der Waals surface area contributed by atoms with Gasteiger partial charge in [-0.3, -0.25) is 0 Å². The SMILES string of the molecule is OCC1=C[C@H](NC2CCCC2O)[C@H](O)[C@H](O)[C@@H]1O. The van der Waals surface area contributed by atoms with Gasteiger partial charge < -0.3 is 30.8 Å². The highest BCUT2D eigenvalue weighted by molar-refractivity contribution is 5.22. The average molecular weight is 259 g/mol. The molecule has 1 saturated carbocycles. The van der Waals surface area contributed by atoms with Gasteiger partial charge in [0.05, 0.1) is 18.8 Å². The second-order valence-corrected chi connectivity index (χ2v) is 5.12. The highest BCUT2D eigenvalue weighted by Crippen LogP contribution is 2.24. The molecule has 0 bridgehead atoms. The Bertz CT molecular complexity index is 322. The lowest BCUT2D eigenvalue weighted by Gasteiger charge is -2.36. The summed E-state index contributed by atoms with van der Waals surface area (Å²) in [6, 6.07) is -0.688. The smallest absolute Gasteiger partial charge is 0.111 e. The van der Waals surface area contributed by atoms with Crippen LogP contribution in [0.4, 0.5) is 0 Å². The minimum Gasteiger partial charge on any atom is -0.392 e. The third kappa shape index (κ3) is 2.59. The maximum Gasteiger partial charge on any atom is 0.111 e. The van der Waals surface area contributed by atoms with Gasteiger partial charge >= 0.3 is 0 Å². The third-order valence-electron chi connectivity index (χ3n) is 3.88. The molecule has 0 aromatic rings. The molecule has 0 radical (unpaired) electrons. The van der Waals surface area contributed by atoms with Crippen LogP contribution in [0.3, 0.4) is 0 Å². The first-order chi connectivity index (χ1) is 8.54. The molecule has 18 heavy (non-hydrogen) atoms. The van der Waals surface area contributed by atoms with E-state index in [2.05, 4.69) is 5.32 Å². The number of hydrogen-bond acceptors (Lipinski definition) is 6. The molecule has 2 unspecified atom stereocenters. The number of aliphatic hydroxyl groups is 5. The van der Waals surface area contributed by atoms with Gasteiger partial charge in [0.1, 0.15) is 18.3 Å². The zero-order valence-corrected chi connectivity index (χ0v) is 10.1. The summed E-state index contributed by atoms with van der Waals surface area (Å²) in [6.07, 6.45) is -0.177. The summed E-state index contributed by atoms with van der Waals surface area (Å²) in [5.74, 6) is 0. The molecule has 2 rings (SSSR count). The predicted octanol–water partition coefficient (Wildman–Crippen LogP) is -2.13. The number of hydrogen-bond donors (Lipinski definition) is 6. The highest BCUT2D eigenvalue weighted by Gasteiger charge is 2.39. The second kappa shape index (κ2) is 5.64. The zero-order chi connectivity index (χ0) is 13.3. The normalized spacial score (nSPS) is 45.1.